The average Bonchev–Trinajstić information content (AvgIpc) is 2.52. The summed E-state index contributed by atoms with van der Waals surface area (Å²) in [6.07, 6.45) is 0. The maximum absolute atomic E-state index is 4.03. The van der Waals surface area contributed by atoms with Crippen LogP contribution >= 0.6 is 15.9 Å². The molecule has 0 atom stereocenters. The van der Waals surface area contributed by atoms with Gasteiger partial charge < -0.3 is 0 Å². The summed E-state index contributed by atoms with van der Waals surface area (Å²) in [6, 6.07) is 10.2. The van der Waals surface area contributed by atoms with Crippen molar-refractivity contribution in [1.29, 1.82) is 0 Å². The van der Waals surface area contributed by atoms with E-state index < -0.39 is 0 Å². The smallest absolute Gasteiger partial charge is 0.127 e. The van der Waals surface area contributed by atoms with E-state index in [1.54, 1.807) is 0 Å². The van der Waals surface area contributed by atoms with Gasteiger partial charge in [-0.25, -0.2) is 4.68 Å². The predicted molar refractivity (Wildman–Crippen MR) is 58.0 cm³/mol. The van der Waals surface area contributed by atoms with Crippen molar-refractivity contribution in [2.75, 3.05) is 0 Å². The highest BCUT2D eigenvalue weighted by Crippen LogP contribution is 2.13. The van der Waals surface area contributed by atoms with E-state index in [9.17, 15) is 0 Å². The highest BCUT2D eigenvalue weighted by atomic mass is 79.9. The quantitative estimate of drug-likeness (QED) is 0.821. The highest BCUT2D eigenvalue weighted by molar-refractivity contribution is 9.10. The van der Waals surface area contributed by atoms with E-state index in [0.717, 1.165) is 16.8 Å². The van der Waals surface area contributed by atoms with Crippen molar-refractivity contribution in [2.24, 2.45) is 0 Å². The predicted octanol–water partition coefficient (Wildman–Crippen LogP) is 2.40. The third-order valence-electron chi connectivity index (χ3n) is 2.00. The molecule has 1 aromatic heterocycles. The Morgan fingerprint density at radius 2 is 2.00 bits per heavy atom. The van der Waals surface area contributed by atoms with Gasteiger partial charge in [0.1, 0.15) is 4.60 Å². The molecule has 2 rings (SSSR count). The van der Waals surface area contributed by atoms with Gasteiger partial charge in [0.05, 0.1) is 12.2 Å². The van der Waals surface area contributed by atoms with Crippen LogP contribution in [0.1, 0.15) is 11.3 Å². The molecule has 3 nitrogen and oxygen atoms in total. The molecule has 1 heterocycles. The van der Waals surface area contributed by atoms with Crippen LogP contribution in [0.2, 0.25) is 0 Å². The van der Waals surface area contributed by atoms with Crippen molar-refractivity contribution >= 4 is 15.9 Å². The summed E-state index contributed by atoms with van der Waals surface area (Å²) < 4.78 is 2.78. The summed E-state index contributed by atoms with van der Waals surface area (Å²) in [5.41, 5.74) is 2.14. The van der Waals surface area contributed by atoms with Crippen molar-refractivity contribution < 1.29 is 0 Å². The summed E-state index contributed by atoms with van der Waals surface area (Å²) in [5, 5.41) is 8.01. The van der Waals surface area contributed by atoms with Crippen LogP contribution in [0.15, 0.2) is 34.9 Å². The third-order valence-corrected chi connectivity index (χ3v) is 2.99. The largest absolute Gasteiger partial charge is 0.234 e. The van der Waals surface area contributed by atoms with Crippen molar-refractivity contribution in [2.45, 2.75) is 13.5 Å². The average molecular weight is 252 g/mol. The summed E-state index contributed by atoms with van der Waals surface area (Å²) >= 11 is 3.45. The fourth-order valence-electron chi connectivity index (χ4n) is 1.25. The van der Waals surface area contributed by atoms with E-state index in [1.807, 2.05) is 29.8 Å². The van der Waals surface area contributed by atoms with Crippen LogP contribution in [0.4, 0.5) is 0 Å². The van der Waals surface area contributed by atoms with Gasteiger partial charge in [-0.15, -0.1) is 5.10 Å². The molecule has 0 unspecified atom stereocenters. The molecule has 0 fully saturated rings. The highest BCUT2D eigenvalue weighted by Gasteiger charge is 2.05. The Bertz CT molecular complexity index is 422. The molecule has 14 heavy (non-hydrogen) atoms. The molecule has 0 spiro atoms. The molecule has 2 aromatic rings. The first kappa shape index (κ1) is 9.40. The molecule has 72 valence electrons. The number of aryl methyl sites for hydroxylation is 1. The van der Waals surface area contributed by atoms with Gasteiger partial charge in [-0.3, -0.25) is 0 Å². The molecule has 0 radical (unpaired) electrons. The molecule has 1 aromatic carbocycles. The van der Waals surface area contributed by atoms with Crippen LogP contribution in [0.5, 0.6) is 0 Å². The topological polar surface area (TPSA) is 30.7 Å². The van der Waals surface area contributed by atoms with Crippen LogP contribution in [0, 0.1) is 6.92 Å². The van der Waals surface area contributed by atoms with E-state index >= 15 is 0 Å². The van der Waals surface area contributed by atoms with E-state index in [4.69, 9.17) is 0 Å². The van der Waals surface area contributed by atoms with E-state index in [2.05, 4.69) is 38.4 Å². The zero-order chi connectivity index (χ0) is 9.97. The minimum atomic E-state index is 0.752. The number of nitrogens with zero attached hydrogens (tertiary/aromatic N) is 3. The molecule has 0 aliphatic carbocycles. The minimum Gasteiger partial charge on any atom is -0.234 e. The van der Waals surface area contributed by atoms with Crippen molar-refractivity contribution in [3.63, 3.8) is 0 Å². The van der Waals surface area contributed by atoms with E-state index in [-0.39, 0.29) is 0 Å². The second-order valence-corrected chi connectivity index (χ2v) is 3.86. The number of aromatic nitrogens is 3. The first-order chi connectivity index (χ1) is 6.77. The Kier molecular flexibility index (Phi) is 2.63. The molecule has 0 N–H and O–H groups in total. The Balaban J connectivity index is 2.23. The van der Waals surface area contributed by atoms with Gasteiger partial charge in [0, 0.05) is 0 Å². The summed E-state index contributed by atoms with van der Waals surface area (Å²) in [6.45, 7) is 2.68. The fourth-order valence-corrected chi connectivity index (χ4v) is 1.52. The third kappa shape index (κ3) is 1.85. The lowest BCUT2D eigenvalue weighted by Gasteiger charge is -2.01. The lowest BCUT2D eigenvalue weighted by atomic mass is 10.2. The van der Waals surface area contributed by atoms with E-state index in [0.29, 0.717) is 0 Å². The van der Waals surface area contributed by atoms with Crippen LogP contribution in [-0.4, -0.2) is 15.0 Å². The number of hydrogen-bond acceptors (Lipinski definition) is 2. The molecule has 0 aliphatic rings. The fraction of sp³-hybridized carbons (Fsp3) is 0.200. The van der Waals surface area contributed by atoms with Gasteiger partial charge in [-0.2, -0.15) is 0 Å². The maximum atomic E-state index is 4.03. The molecule has 0 amide bonds. The first-order valence-electron chi connectivity index (χ1n) is 4.37. The molecule has 0 bridgehead atoms. The summed E-state index contributed by atoms with van der Waals surface area (Å²) in [7, 11) is 0. The number of rotatable bonds is 2. The standard InChI is InChI=1S/C10H10BrN3/c1-8-10(11)14(13-12-8)7-9-5-3-2-4-6-9/h2-6H,7H2,1H3. The van der Waals surface area contributed by atoms with Gasteiger partial charge in [0.2, 0.25) is 0 Å². The first-order valence-corrected chi connectivity index (χ1v) is 5.16. The molecule has 0 saturated carbocycles. The van der Waals surface area contributed by atoms with Crippen molar-refractivity contribution in [3.8, 4) is 0 Å². The zero-order valence-electron chi connectivity index (χ0n) is 7.81. The zero-order valence-corrected chi connectivity index (χ0v) is 9.40. The van der Waals surface area contributed by atoms with Crippen LogP contribution in [0.25, 0.3) is 0 Å². The van der Waals surface area contributed by atoms with Gasteiger partial charge in [0.15, 0.2) is 0 Å². The van der Waals surface area contributed by atoms with Crippen LogP contribution in [0.3, 0.4) is 0 Å². The molecule has 0 saturated heterocycles. The number of halogens is 1. The monoisotopic (exact) mass is 251 g/mol. The molecular weight excluding hydrogens is 242 g/mol. The minimum absolute atomic E-state index is 0.752. The van der Waals surface area contributed by atoms with Gasteiger partial charge >= 0.3 is 0 Å². The summed E-state index contributed by atoms with van der Waals surface area (Å²) in [4.78, 5) is 0. The van der Waals surface area contributed by atoms with Gasteiger partial charge in [-0.05, 0) is 28.4 Å². The van der Waals surface area contributed by atoms with E-state index in [1.165, 1.54) is 5.56 Å². The van der Waals surface area contributed by atoms with Gasteiger partial charge in [-0.1, -0.05) is 35.5 Å². The molecule has 0 aliphatic heterocycles. The molecule has 4 heteroatoms. The van der Waals surface area contributed by atoms with Crippen molar-refractivity contribution in [3.05, 3.63) is 46.2 Å². The Hall–Kier alpha value is -1.16. The normalized spacial score (nSPS) is 10.4. The Morgan fingerprint density at radius 1 is 1.29 bits per heavy atom. The molecular formula is C10H10BrN3. The second kappa shape index (κ2) is 3.92. The SMILES string of the molecule is Cc1nnn(Cc2ccccc2)c1Br. The van der Waals surface area contributed by atoms with Crippen LogP contribution < -0.4 is 0 Å². The lowest BCUT2D eigenvalue weighted by molar-refractivity contribution is 0.638. The Morgan fingerprint density at radius 3 is 2.57 bits per heavy atom. The van der Waals surface area contributed by atoms with Crippen molar-refractivity contribution in [1.82, 2.24) is 15.0 Å². The number of benzene rings is 1. The Labute approximate surface area is 90.9 Å². The van der Waals surface area contributed by atoms with Gasteiger partial charge in [0.25, 0.3) is 0 Å². The van der Waals surface area contributed by atoms with Crippen LogP contribution in [-0.2, 0) is 6.54 Å². The second-order valence-electron chi connectivity index (χ2n) is 3.11. The maximum Gasteiger partial charge on any atom is 0.127 e. The lowest BCUT2D eigenvalue weighted by Crippen LogP contribution is -2.01. The number of hydrogen-bond donors (Lipinski definition) is 0. The summed E-state index contributed by atoms with van der Waals surface area (Å²) in [5.74, 6) is 0.